The summed E-state index contributed by atoms with van der Waals surface area (Å²) in [6.07, 6.45) is 0. The lowest BCUT2D eigenvalue weighted by Crippen LogP contribution is -2.21. The van der Waals surface area contributed by atoms with E-state index in [0.29, 0.717) is 6.61 Å². The maximum Gasteiger partial charge on any atom is 0.119 e. The number of ether oxygens (including phenoxy) is 2. The quantitative estimate of drug-likeness (QED) is 0.777. The van der Waals surface area contributed by atoms with Gasteiger partial charge < -0.3 is 14.8 Å². The lowest BCUT2D eigenvalue weighted by atomic mass is 10.1. The molecule has 1 unspecified atom stereocenters. The summed E-state index contributed by atoms with van der Waals surface area (Å²) < 4.78 is 10.6. The van der Waals surface area contributed by atoms with Crippen LogP contribution in [-0.2, 0) is 4.74 Å². The Labute approximate surface area is 91.4 Å². The fourth-order valence-corrected chi connectivity index (χ4v) is 1.44. The highest BCUT2D eigenvalue weighted by atomic mass is 16.5. The van der Waals surface area contributed by atoms with Crippen molar-refractivity contribution in [3.8, 4) is 5.75 Å². The van der Waals surface area contributed by atoms with E-state index in [1.807, 2.05) is 32.2 Å². The Morgan fingerprint density at radius 1 is 1.40 bits per heavy atom. The van der Waals surface area contributed by atoms with Gasteiger partial charge in [0.05, 0.1) is 19.8 Å². The largest absolute Gasteiger partial charge is 0.497 e. The second-order valence-corrected chi connectivity index (χ2v) is 3.28. The van der Waals surface area contributed by atoms with Gasteiger partial charge in [0, 0.05) is 6.61 Å². The molecule has 15 heavy (non-hydrogen) atoms. The number of likely N-dealkylation sites (N-methyl/N-ethyl adjacent to an activating group) is 1. The van der Waals surface area contributed by atoms with Crippen LogP contribution in [0, 0.1) is 0 Å². The number of nitrogens with one attached hydrogen (secondary N) is 1. The van der Waals surface area contributed by atoms with E-state index in [1.165, 1.54) is 5.56 Å². The van der Waals surface area contributed by atoms with E-state index in [2.05, 4.69) is 11.4 Å². The molecular weight excluding hydrogens is 190 g/mol. The zero-order chi connectivity index (χ0) is 11.1. The van der Waals surface area contributed by atoms with Gasteiger partial charge in [0.25, 0.3) is 0 Å². The predicted molar refractivity (Wildman–Crippen MR) is 61.3 cm³/mol. The van der Waals surface area contributed by atoms with Crippen LogP contribution in [0.5, 0.6) is 5.75 Å². The Bertz CT molecular complexity index is 289. The van der Waals surface area contributed by atoms with Gasteiger partial charge in [0.1, 0.15) is 5.75 Å². The molecule has 1 aromatic carbocycles. The summed E-state index contributed by atoms with van der Waals surface area (Å²) in [6.45, 7) is 3.42. The van der Waals surface area contributed by atoms with Crippen molar-refractivity contribution < 1.29 is 9.47 Å². The Morgan fingerprint density at radius 3 is 2.80 bits per heavy atom. The molecule has 0 bridgehead atoms. The van der Waals surface area contributed by atoms with Crippen molar-refractivity contribution in [3.63, 3.8) is 0 Å². The van der Waals surface area contributed by atoms with Gasteiger partial charge >= 0.3 is 0 Å². The lowest BCUT2D eigenvalue weighted by molar-refractivity contribution is 0.125. The monoisotopic (exact) mass is 209 g/mol. The minimum absolute atomic E-state index is 0.222. The molecule has 1 rings (SSSR count). The summed E-state index contributed by atoms with van der Waals surface area (Å²) in [6, 6.07) is 8.25. The molecule has 3 heteroatoms. The van der Waals surface area contributed by atoms with Crippen LogP contribution >= 0.6 is 0 Å². The topological polar surface area (TPSA) is 30.5 Å². The summed E-state index contributed by atoms with van der Waals surface area (Å²) >= 11 is 0. The average Bonchev–Trinajstić information content (AvgIpc) is 2.30. The second kappa shape index (κ2) is 6.43. The first-order valence-electron chi connectivity index (χ1n) is 5.20. The molecular formula is C12H19NO2. The Kier molecular flexibility index (Phi) is 5.15. The Balaban J connectivity index is 2.72. The minimum atomic E-state index is 0.222. The summed E-state index contributed by atoms with van der Waals surface area (Å²) in [5.74, 6) is 0.879. The fraction of sp³-hybridized carbons (Fsp3) is 0.500. The molecule has 0 aliphatic rings. The number of hydrogen-bond donors (Lipinski definition) is 1. The minimum Gasteiger partial charge on any atom is -0.497 e. The summed E-state index contributed by atoms with van der Waals surface area (Å²) in [5.41, 5.74) is 1.19. The van der Waals surface area contributed by atoms with Crippen molar-refractivity contribution in [3.05, 3.63) is 29.8 Å². The van der Waals surface area contributed by atoms with Crippen molar-refractivity contribution in [2.24, 2.45) is 0 Å². The summed E-state index contributed by atoms with van der Waals surface area (Å²) in [5, 5.41) is 3.22. The van der Waals surface area contributed by atoms with Gasteiger partial charge in [-0.15, -0.1) is 0 Å². The third kappa shape index (κ3) is 3.53. The molecule has 0 aromatic heterocycles. The van der Waals surface area contributed by atoms with Crippen LogP contribution in [0.3, 0.4) is 0 Å². The van der Waals surface area contributed by atoms with Crippen LogP contribution in [0.15, 0.2) is 24.3 Å². The zero-order valence-corrected chi connectivity index (χ0v) is 9.62. The van der Waals surface area contributed by atoms with E-state index in [1.54, 1.807) is 7.11 Å². The number of hydrogen-bond acceptors (Lipinski definition) is 3. The van der Waals surface area contributed by atoms with Gasteiger partial charge in [-0.05, 0) is 31.7 Å². The molecule has 1 N–H and O–H groups in total. The van der Waals surface area contributed by atoms with E-state index in [0.717, 1.165) is 12.4 Å². The summed E-state index contributed by atoms with van der Waals surface area (Å²) in [4.78, 5) is 0. The van der Waals surface area contributed by atoms with Crippen LogP contribution in [0.1, 0.15) is 18.5 Å². The Morgan fingerprint density at radius 2 is 2.20 bits per heavy atom. The smallest absolute Gasteiger partial charge is 0.119 e. The molecule has 1 atom stereocenters. The first-order chi connectivity index (χ1) is 7.31. The zero-order valence-electron chi connectivity index (χ0n) is 9.62. The molecule has 0 heterocycles. The molecule has 0 aliphatic heterocycles. The standard InChI is InChI=1S/C12H19NO2/c1-4-15-9-12(13-2)10-6-5-7-11(8-10)14-3/h5-8,12-13H,4,9H2,1-3H3. The maximum atomic E-state index is 5.41. The van der Waals surface area contributed by atoms with Crippen molar-refractivity contribution in [2.45, 2.75) is 13.0 Å². The van der Waals surface area contributed by atoms with E-state index in [4.69, 9.17) is 9.47 Å². The number of methoxy groups -OCH3 is 1. The molecule has 1 aromatic rings. The van der Waals surface area contributed by atoms with Crippen molar-refractivity contribution in [2.75, 3.05) is 27.4 Å². The average molecular weight is 209 g/mol. The molecule has 0 aliphatic carbocycles. The highest BCUT2D eigenvalue weighted by Crippen LogP contribution is 2.19. The van der Waals surface area contributed by atoms with E-state index in [-0.39, 0.29) is 6.04 Å². The van der Waals surface area contributed by atoms with Gasteiger partial charge in [0.15, 0.2) is 0 Å². The van der Waals surface area contributed by atoms with Crippen LogP contribution in [-0.4, -0.2) is 27.4 Å². The Hall–Kier alpha value is -1.06. The number of rotatable bonds is 6. The molecule has 0 radical (unpaired) electrons. The fourth-order valence-electron chi connectivity index (χ4n) is 1.44. The van der Waals surface area contributed by atoms with Crippen LogP contribution in [0.2, 0.25) is 0 Å². The molecule has 3 nitrogen and oxygen atoms in total. The van der Waals surface area contributed by atoms with Gasteiger partial charge in [0.2, 0.25) is 0 Å². The van der Waals surface area contributed by atoms with E-state index >= 15 is 0 Å². The molecule has 84 valence electrons. The predicted octanol–water partition coefficient (Wildman–Crippen LogP) is 1.99. The second-order valence-electron chi connectivity index (χ2n) is 3.28. The SMILES string of the molecule is CCOCC(NC)c1cccc(OC)c1. The molecule has 0 amide bonds. The highest BCUT2D eigenvalue weighted by Gasteiger charge is 2.09. The van der Waals surface area contributed by atoms with Crippen LogP contribution in [0.25, 0.3) is 0 Å². The number of benzene rings is 1. The van der Waals surface area contributed by atoms with Gasteiger partial charge in [-0.2, -0.15) is 0 Å². The van der Waals surface area contributed by atoms with Gasteiger partial charge in [-0.3, -0.25) is 0 Å². The van der Waals surface area contributed by atoms with Crippen molar-refractivity contribution in [1.29, 1.82) is 0 Å². The maximum absolute atomic E-state index is 5.41. The van der Waals surface area contributed by atoms with Crippen molar-refractivity contribution in [1.82, 2.24) is 5.32 Å². The molecule has 0 fully saturated rings. The van der Waals surface area contributed by atoms with Crippen molar-refractivity contribution >= 4 is 0 Å². The normalized spacial score (nSPS) is 12.5. The first-order valence-corrected chi connectivity index (χ1v) is 5.20. The molecule has 0 saturated heterocycles. The van der Waals surface area contributed by atoms with E-state index < -0.39 is 0 Å². The van der Waals surface area contributed by atoms with Crippen LogP contribution < -0.4 is 10.1 Å². The summed E-state index contributed by atoms with van der Waals surface area (Å²) in [7, 11) is 3.61. The van der Waals surface area contributed by atoms with Gasteiger partial charge in [-0.1, -0.05) is 12.1 Å². The molecule has 0 spiro atoms. The first kappa shape index (κ1) is 12.0. The van der Waals surface area contributed by atoms with Gasteiger partial charge in [-0.25, -0.2) is 0 Å². The molecule has 0 saturated carbocycles. The van der Waals surface area contributed by atoms with E-state index in [9.17, 15) is 0 Å². The highest BCUT2D eigenvalue weighted by molar-refractivity contribution is 5.30. The third-order valence-corrected chi connectivity index (χ3v) is 2.33. The lowest BCUT2D eigenvalue weighted by Gasteiger charge is -2.16. The third-order valence-electron chi connectivity index (χ3n) is 2.33. The van der Waals surface area contributed by atoms with Crippen LogP contribution in [0.4, 0.5) is 0 Å².